The van der Waals surface area contributed by atoms with Crippen LogP contribution in [0.5, 0.6) is 0 Å². The number of rotatable bonds is 4. The van der Waals surface area contributed by atoms with E-state index in [9.17, 15) is 13.2 Å². The number of nitrogens with one attached hydrogen (secondary N) is 2. The Labute approximate surface area is 120 Å². The number of anilines is 1. The monoisotopic (exact) mass is 320 g/mol. The fourth-order valence-electron chi connectivity index (χ4n) is 1.98. The van der Waals surface area contributed by atoms with Gasteiger partial charge < -0.3 is 0 Å². The Morgan fingerprint density at radius 3 is 2.65 bits per heavy atom. The SMILES string of the molecule is CSc1n[nH]c(NC(=O)C2CCN(S(N)(=O)=O)CC2)n1. The van der Waals surface area contributed by atoms with Gasteiger partial charge in [-0.05, 0) is 19.1 Å². The van der Waals surface area contributed by atoms with Gasteiger partial charge in [-0.3, -0.25) is 10.1 Å². The van der Waals surface area contributed by atoms with Crippen molar-refractivity contribution in [3.05, 3.63) is 0 Å². The highest BCUT2D eigenvalue weighted by atomic mass is 32.2. The van der Waals surface area contributed by atoms with Gasteiger partial charge in [0.25, 0.3) is 10.2 Å². The number of nitrogens with two attached hydrogens (primary N) is 1. The van der Waals surface area contributed by atoms with E-state index in [1.165, 1.54) is 16.1 Å². The van der Waals surface area contributed by atoms with Crippen molar-refractivity contribution in [3.63, 3.8) is 0 Å². The molecule has 9 nitrogen and oxygen atoms in total. The molecular formula is C9H16N6O3S2. The molecule has 20 heavy (non-hydrogen) atoms. The number of hydrogen-bond donors (Lipinski definition) is 3. The molecule has 0 radical (unpaired) electrons. The van der Waals surface area contributed by atoms with E-state index in [0.29, 0.717) is 23.9 Å². The molecule has 1 amide bonds. The molecule has 0 unspecified atom stereocenters. The van der Waals surface area contributed by atoms with Crippen LogP contribution >= 0.6 is 11.8 Å². The number of amides is 1. The summed E-state index contributed by atoms with van der Waals surface area (Å²) in [5.41, 5.74) is 0. The highest BCUT2D eigenvalue weighted by Crippen LogP contribution is 2.20. The van der Waals surface area contributed by atoms with Crippen LogP contribution in [0.4, 0.5) is 5.95 Å². The molecule has 0 saturated carbocycles. The van der Waals surface area contributed by atoms with Crippen LogP contribution in [0, 0.1) is 5.92 Å². The Morgan fingerprint density at radius 2 is 2.15 bits per heavy atom. The second kappa shape index (κ2) is 6.08. The lowest BCUT2D eigenvalue weighted by Gasteiger charge is -2.28. The van der Waals surface area contributed by atoms with E-state index in [-0.39, 0.29) is 24.9 Å². The number of H-pyrrole nitrogens is 1. The fourth-order valence-corrected chi connectivity index (χ4v) is 3.02. The molecule has 2 rings (SSSR count). The predicted molar refractivity (Wildman–Crippen MR) is 74.2 cm³/mol. The van der Waals surface area contributed by atoms with Crippen LogP contribution in [-0.2, 0) is 15.0 Å². The molecule has 1 aromatic rings. The van der Waals surface area contributed by atoms with Crippen molar-refractivity contribution in [3.8, 4) is 0 Å². The first-order chi connectivity index (χ1) is 9.40. The summed E-state index contributed by atoms with van der Waals surface area (Å²) in [6.45, 7) is 0.507. The molecule has 1 fully saturated rings. The maximum atomic E-state index is 12.0. The summed E-state index contributed by atoms with van der Waals surface area (Å²) in [7, 11) is -3.66. The second-order valence-corrected chi connectivity index (χ2v) is 6.70. The number of aromatic amines is 1. The van der Waals surface area contributed by atoms with Crippen molar-refractivity contribution >= 4 is 33.8 Å². The number of carbonyl (C=O) groups is 1. The molecule has 1 aliphatic rings. The summed E-state index contributed by atoms with van der Waals surface area (Å²) in [5.74, 6) is -0.146. The standard InChI is InChI=1S/C9H16N6O3S2/c1-19-9-12-8(13-14-9)11-7(16)6-2-4-15(5-3-6)20(10,17)18/h6H,2-5H2,1H3,(H2,10,17,18)(H2,11,12,13,14,16). The Morgan fingerprint density at radius 1 is 1.50 bits per heavy atom. The molecule has 112 valence electrons. The second-order valence-electron chi connectivity index (χ2n) is 4.38. The Kier molecular flexibility index (Phi) is 4.62. The molecule has 2 heterocycles. The van der Waals surface area contributed by atoms with Crippen LogP contribution in [0.3, 0.4) is 0 Å². The summed E-state index contributed by atoms with van der Waals surface area (Å²) in [4.78, 5) is 16.1. The van der Waals surface area contributed by atoms with Crippen LogP contribution < -0.4 is 10.5 Å². The van der Waals surface area contributed by atoms with E-state index in [0.717, 1.165) is 0 Å². The van der Waals surface area contributed by atoms with Crippen molar-refractivity contribution in [1.29, 1.82) is 0 Å². The molecule has 11 heteroatoms. The van der Waals surface area contributed by atoms with Crippen molar-refractivity contribution < 1.29 is 13.2 Å². The maximum Gasteiger partial charge on any atom is 0.276 e. The van der Waals surface area contributed by atoms with E-state index < -0.39 is 10.2 Å². The quantitative estimate of drug-likeness (QED) is 0.633. The van der Waals surface area contributed by atoms with Gasteiger partial charge in [-0.1, -0.05) is 11.8 Å². The molecule has 0 aliphatic carbocycles. The third-order valence-corrected chi connectivity index (χ3v) is 4.71. The molecular weight excluding hydrogens is 304 g/mol. The maximum absolute atomic E-state index is 12.0. The van der Waals surface area contributed by atoms with Gasteiger partial charge in [0, 0.05) is 19.0 Å². The lowest BCUT2D eigenvalue weighted by Crippen LogP contribution is -2.44. The van der Waals surface area contributed by atoms with Crippen molar-refractivity contribution in [2.24, 2.45) is 11.1 Å². The lowest BCUT2D eigenvalue weighted by atomic mass is 9.97. The van der Waals surface area contributed by atoms with Crippen LogP contribution in [0.25, 0.3) is 0 Å². The molecule has 0 atom stereocenters. The van der Waals surface area contributed by atoms with Crippen molar-refractivity contribution in [1.82, 2.24) is 19.5 Å². The summed E-state index contributed by atoms with van der Waals surface area (Å²) < 4.78 is 23.5. The van der Waals surface area contributed by atoms with Gasteiger partial charge in [0.15, 0.2) is 0 Å². The van der Waals surface area contributed by atoms with Gasteiger partial charge in [-0.25, -0.2) is 10.2 Å². The third-order valence-electron chi connectivity index (χ3n) is 3.07. The molecule has 1 aromatic heterocycles. The van der Waals surface area contributed by atoms with Gasteiger partial charge in [0.05, 0.1) is 0 Å². The number of hydrogen-bond acceptors (Lipinski definition) is 6. The molecule has 0 spiro atoms. The summed E-state index contributed by atoms with van der Waals surface area (Å²) in [6, 6.07) is 0. The van der Waals surface area contributed by atoms with Gasteiger partial charge in [-0.2, -0.15) is 17.7 Å². The zero-order valence-electron chi connectivity index (χ0n) is 10.9. The number of nitrogens with zero attached hydrogens (tertiary/aromatic N) is 3. The summed E-state index contributed by atoms with van der Waals surface area (Å²) >= 11 is 1.36. The van der Waals surface area contributed by atoms with E-state index in [2.05, 4.69) is 20.5 Å². The van der Waals surface area contributed by atoms with Gasteiger partial charge in [0.2, 0.25) is 17.0 Å². The average molecular weight is 320 g/mol. The Hall–Kier alpha value is -1.17. The minimum atomic E-state index is -3.66. The normalized spacial score (nSPS) is 18.1. The van der Waals surface area contributed by atoms with Crippen LogP contribution in [0.15, 0.2) is 5.16 Å². The molecule has 4 N–H and O–H groups in total. The van der Waals surface area contributed by atoms with Crippen molar-refractivity contribution in [2.75, 3.05) is 24.7 Å². The Bertz CT molecular complexity index is 578. The van der Waals surface area contributed by atoms with E-state index in [1.807, 2.05) is 6.26 Å². The summed E-state index contributed by atoms with van der Waals surface area (Å²) in [5, 5.41) is 14.7. The molecule has 0 aromatic carbocycles. The number of carbonyl (C=O) groups excluding carboxylic acids is 1. The molecule has 1 aliphatic heterocycles. The van der Waals surface area contributed by atoms with Crippen molar-refractivity contribution in [2.45, 2.75) is 18.0 Å². The minimum absolute atomic E-state index is 0.192. The van der Waals surface area contributed by atoms with Crippen LogP contribution in [-0.4, -0.2) is 53.2 Å². The van der Waals surface area contributed by atoms with Crippen LogP contribution in [0.2, 0.25) is 0 Å². The van der Waals surface area contributed by atoms with Crippen LogP contribution in [0.1, 0.15) is 12.8 Å². The highest BCUT2D eigenvalue weighted by Gasteiger charge is 2.29. The van der Waals surface area contributed by atoms with E-state index in [4.69, 9.17) is 5.14 Å². The third kappa shape index (κ3) is 3.69. The number of piperidine rings is 1. The molecule has 0 bridgehead atoms. The minimum Gasteiger partial charge on any atom is -0.295 e. The lowest BCUT2D eigenvalue weighted by molar-refractivity contribution is -0.121. The Balaban J connectivity index is 1.89. The largest absolute Gasteiger partial charge is 0.295 e. The number of aromatic nitrogens is 3. The van der Waals surface area contributed by atoms with E-state index >= 15 is 0 Å². The van der Waals surface area contributed by atoms with Gasteiger partial charge in [-0.15, -0.1) is 5.10 Å². The highest BCUT2D eigenvalue weighted by molar-refractivity contribution is 7.98. The topological polar surface area (TPSA) is 134 Å². The zero-order valence-corrected chi connectivity index (χ0v) is 12.5. The zero-order chi connectivity index (χ0) is 14.8. The first-order valence-electron chi connectivity index (χ1n) is 5.95. The van der Waals surface area contributed by atoms with Gasteiger partial charge in [0.1, 0.15) is 0 Å². The van der Waals surface area contributed by atoms with Gasteiger partial charge >= 0.3 is 0 Å². The fraction of sp³-hybridized carbons (Fsp3) is 0.667. The van der Waals surface area contributed by atoms with E-state index in [1.54, 1.807) is 0 Å². The summed E-state index contributed by atoms with van der Waals surface area (Å²) in [6.07, 6.45) is 2.70. The number of thioether (sulfide) groups is 1. The average Bonchev–Trinajstić information content (AvgIpc) is 2.85. The first kappa shape index (κ1) is 15.2. The molecule has 1 saturated heterocycles. The predicted octanol–water partition coefficient (Wildman–Crippen LogP) is -0.619. The smallest absolute Gasteiger partial charge is 0.276 e. The first-order valence-corrected chi connectivity index (χ1v) is 8.68.